The van der Waals surface area contributed by atoms with Crippen molar-refractivity contribution in [2.75, 3.05) is 46.1 Å². The van der Waals surface area contributed by atoms with Crippen LogP contribution >= 0.6 is 0 Å². The van der Waals surface area contributed by atoms with Crippen LogP contribution in [-0.4, -0.2) is 79.7 Å². The van der Waals surface area contributed by atoms with Gasteiger partial charge in [0.2, 0.25) is 22.7 Å². The zero-order chi connectivity index (χ0) is 19.3. The summed E-state index contributed by atoms with van der Waals surface area (Å²) in [5.41, 5.74) is 1.17. The smallest absolute Gasteiger partial charge is 0.231 e. The van der Waals surface area contributed by atoms with Crippen molar-refractivity contribution in [2.45, 2.75) is 24.6 Å². The van der Waals surface area contributed by atoms with Gasteiger partial charge in [-0.1, -0.05) is 6.07 Å². The summed E-state index contributed by atoms with van der Waals surface area (Å²) in [6.07, 6.45) is 1.53. The maximum atomic E-state index is 12.7. The van der Waals surface area contributed by atoms with Gasteiger partial charge in [-0.3, -0.25) is 9.69 Å². The van der Waals surface area contributed by atoms with Gasteiger partial charge in [-0.25, -0.2) is 8.42 Å². The number of rotatable bonds is 5. The van der Waals surface area contributed by atoms with E-state index in [2.05, 4.69) is 4.90 Å². The molecule has 1 aromatic carbocycles. The molecule has 0 atom stereocenters. The third-order valence-electron chi connectivity index (χ3n) is 6.03. The molecule has 0 aromatic heterocycles. The second kappa shape index (κ2) is 6.89. The van der Waals surface area contributed by atoms with E-state index in [0.717, 1.165) is 44.0 Å². The van der Waals surface area contributed by atoms with Gasteiger partial charge in [0.1, 0.15) is 0 Å². The van der Waals surface area contributed by atoms with Crippen LogP contribution < -0.4 is 9.47 Å². The van der Waals surface area contributed by atoms with Crippen molar-refractivity contribution in [3.05, 3.63) is 23.8 Å². The fourth-order valence-electron chi connectivity index (χ4n) is 4.06. The Kier molecular flexibility index (Phi) is 4.48. The molecule has 0 bridgehead atoms. The Morgan fingerprint density at radius 2 is 1.75 bits per heavy atom. The lowest BCUT2D eigenvalue weighted by Gasteiger charge is -2.42. The molecule has 3 aliphatic heterocycles. The molecule has 0 N–H and O–H groups in total. The minimum absolute atomic E-state index is 0.102. The Balaban J connectivity index is 1.10. The summed E-state index contributed by atoms with van der Waals surface area (Å²) in [5.74, 6) is 1.51. The number of fused-ring (bicyclic) bond motifs is 1. The molecule has 8 nitrogen and oxygen atoms in total. The van der Waals surface area contributed by atoms with Crippen molar-refractivity contribution in [1.29, 1.82) is 0 Å². The molecule has 1 aliphatic carbocycles. The van der Waals surface area contributed by atoms with Gasteiger partial charge in [-0.15, -0.1) is 0 Å². The number of hydrogen-bond donors (Lipinski definition) is 0. The highest BCUT2D eigenvalue weighted by Gasteiger charge is 2.47. The first-order valence-electron chi connectivity index (χ1n) is 9.89. The molecule has 1 amide bonds. The van der Waals surface area contributed by atoms with E-state index in [1.54, 1.807) is 0 Å². The highest BCUT2D eigenvalue weighted by Crippen LogP contribution is 2.35. The lowest BCUT2D eigenvalue weighted by Crippen LogP contribution is -2.59. The molecule has 1 saturated carbocycles. The van der Waals surface area contributed by atoms with E-state index >= 15 is 0 Å². The van der Waals surface area contributed by atoms with Crippen molar-refractivity contribution in [2.24, 2.45) is 5.92 Å². The Morgan fingerprint density at radius 1 is 1.04 bits per heavy atom. The molecule has 0 radical (unpaired) electrons. The van der Waals surface area contributed by atoms with E-state index in [1.807, 2.05) is 23.1 Å². The summed E-state index contributed by atoms with van der Waals surface area (Å²) in [7, 11) is -3.14. The van der Waals surface area contributed by atoms with Crippen LogP contribution in [0.4, 0.5) is 0 Å². The standard InChI is InChI=1S/C19H25N3O5S/c23-19(15-11-22(12-15)28(24,25)16-2-3-16)21-7-5-20(6-8-21)10-14-1-4-17-18(9-14)27-13-26-17/h1,4,9,15-16H,2-3,5-8,10-13H2. The van der Waals surface area contributed by atoms with Crippen LogP contribution in [0, 0.1) is 5.92 Å². The normalized spacial score (nSPS) is 23.6. The van der Waals surface area contributed by atoms with E-state index in [9.17, 15) is 13.2 Å². The van der Waals surface area contributed by atoms with Crippen LogP contribution in [0.2, 0.25) is 0 Å². The van der Waals surface area contributed by atoms with Crippen LogP contribution in [0.1, 0.15) is 18.4 Å². The largest absolute Gasteiger partial charge is 0.454 e. The summed E-state index contributed by atoms with van der Waals surface area (Å²) in [5, 5.41) is -0.191. The molecule has 3 fully saturated rings. The Morgan fingerprint density at radius 3 is 2.46 bits per heavy atom. The van der Waals surface area contributed by atoms with E-state index < -0.39 is 10.0 Å². The highest BCUT2D eigenvalue weighted by atomic mass is 32.2. The predicted octanol–water partition coefficient (Wildman–Crippen LogP) is 0.484. The lowest BCUT2D eigenvalue weighted by molar-refractivity contribution is -0.140. The van der Waals surface area contributed by atoms with Gasteiger partial charge in [0.05, 0.1) is 11.2 Å². The number of carbonyl (C=O) groups is 1. The monoisotopic (exact) mass is 407 g/mol. The summed E-state index contributed by atoms with van der Waals surface area (Å²) in [4.78, 5) is 16.9. The van der Waals surface area contributed by atoms with E-state index in [0.29, 0.717) is 26.2 Å². The van der Waals surface area contributed by atoms with Crippen molar-refractivity contribution >= 4 is 15.9 Å². The zero-order valence-corrected chi connectivity index (χ0v) is 16.6. The molecule has 3 heterocycles. The molecule has 5 rings (SSSR count). The fraction of sp³-hybridized carbons (Fsp3) is 0.632. The molecule has 1 aromatic rings. The van der Waals surface area contributed by atoms with Crippen molar-refractivity contribution < 1.29 is 22.7 Å². The first kappa shape index (κ1) is 18.2. The van der Waals surface area contributed by atoms with E-state index in [1.165, 1.54) is 9.87 Å². The molecule has 9 heteroatoms. The molecular formula is C19H25N3O5S. The average molecular weight is 407 g/mol. The summed E-state index contributed by atoms with van der Waals surface area (Å²) >= 11 is 0. The Bertz CT molecular complexity index is 872. The maximum Gasteiger partial charge on any atom is 0.231 e. The number of sulfonamides is 1. The van der Waals surface area contributed by atoms with Gasteiger partial charge in [0.15, 0.2) is 11.5 Å². The molecule has 28 heavy (non-hydrogen) atoms. The third kappa shape index (κ3) is 3.35. The first-order chi connectivity index (χ1) is 13.5. The molecule has 152 valence electrons. The quantitative estimate of drug-likeness (QED) is 0.707. The van der Waals surface area contributed by atoms with Gasteiger partial charge < -0.3 is 14.4 Å². The molecule has 4 aliphatic rings. The van der Waals surface area contributed by atoms with E-state index in [-0.39, 0.29) is 23.9 Å². The second-order valence-electron chi connectivity index (χ2n) is 8.05. The van der Waals surface area contributed by atoms with Crippen LogP contribution in [-0.2, 0) is 21.4 Å². The minimum Gasteiger partial charge on any atom is -0.454 e. The molecular weight excluding hydrogens is 382 g/mol. The SMILES string of the molecule is O=C(C1CN(S(=O)(=O)C2CC2)C1)N1CCN(Cc2ccc3c(c2)OCO3)CC1. The first-order valence-corrected chi connectivity index (χ1v) is 11.4. The molecule has 0 spiro atoms. The highest BCUT2D eigenvalue weighted by molar-refractivity contribution is 7.90. The third-order valence-corrected chi connectivity index (χ3v) is 8.36. The Hall–Kier alpha value is -1.84. The number of ether oxygens (including phenoxy) is 2. The Labute approximate surface area is 165 Å². The van der Waals surface area contributed by atoms with E-state index in [4.69, 9.17) is 9.47 Å². The summed E-state index contributed by atoms with van der Waals surface area (Å²) in [6.45, 7) is 4.82. The number of hydrogen-bond acceptors (Lipinski definition) is 6. The van der Waals surface area contributed by atoms with Gasteiger partial charge >= 0.3 is 0 Å². The lowest BCUT2D eigenvalue weighted by atomic mass is 10.0. The van der Waals surface area contributed by atoms with Crippen molar-refractivity contribution in [1.82, 2.24) is 14.1 Å². The van der Waals surface area contributed by atoms with Crippen molar-refractivity contribution in [3.63, 3.8) is 0 Å². The summed E-state index contributed by atoms with van der Waals surface area (Å²) < 4.78 is 36.6. The summed E-state index contributed by atoms with van der Waals surface area (Å²) in [6, 6.07) is 6.01. The number of amides is 1. The maximum absolute atomic E-state index is 12.7. The van der Waals surface area contributed by atoms with Gasteiger partial charge in [-0.2, -0.15) is 4.31 Å². The minimum atomic E-state index is -3.14. The number of carbonyl (C=O) groups excluding carboxylic acids is 1. The van der Waals surface area contributed by atoms with Crippen molar-refractivity contribution in [3.8, 4) is 11.5 Å². The van der Waals surface area contributed by atoms with Gasteiger partial charge in [0.25, 0.3) is 0 Å². The van der Waals surface area contributed by atoms with Gasteiger partial charge in [0, 0.05) is 45.8 Å². The predicted molar refractivity (Wildman–Crippen MR) is 101 cm³/mol. The van der Waals surface area contributed by atoms with Crippen LogP contribution in [0.3, 0.4) is 0 Å². The van der Waals surface area contributed by atoms with Crippen LogP contribution in [0.25, 0.3) is 0 Å². The van der Waals surface area contributed by atoms with Crippen LogP contribution in [0.5, 0.6) is 11.5 Å². The second-order valence-corrected chi connectivity index (χ2v) is 10.3. The fourth-order valence-corrected chi connectivity index (χ4v) is 5.99. The number of nitrogens with zero attached hydrogens (tertiary/aromatic N) is 3. The molecule has 2 saturated heterocycles. The number of benzene rings is 1. The topological polar surface area (TPSA) is 79.4 Å². The zero-order valence-electron chi connectivity index (χ0n) is 15.7. The number of piperazine rings is 1. The van der Waals surface area contributed by atoms with Crippen LogP contribution in [0.15, 0.2) is 18.2 Å². The molecule has 0 unspecified atom stereocenters. The average Bonchev–Trinajstić information content (AvgIpc) is 3.40. The van der Waals surface area contributed by atoms with Gasteiger partial charge in [-0.05, 0) is 30.5 Å².